The van der Waals surface area contributed by atoms with Crippen molar-refractivity contribution in [3.63, 3.8) is 0 Å². The van der Waals surface area contributed by atoms with Crippen LogP contribution in [0.3, 0.4) is 0 Å². The molecule has 1 fully saturated rings. The topological polar surface area (TPSA) is 73.5 Å². The molecule has 37 heavy (non-hydrogen) atoms. The molecule has 0 unspecified atom stereocenters. The Kier molecular flexibility index (Phi) is 7.33. The highest BCUT2D eigenvalue weighted by atomic mass is 79.9. The third kappa shape index (κ3) is 5.08. The molecule has 0 spiro atoms. The van der Waals surface area contributed by atoms with Crippen LogP contribution < -0.4 is 11.1 Å². The highest BCUT2D eigenvalue weighted by Gasteiger charge is 2.35. The number of hydrogen-bond acceptors (Lipinski definition) is 4. The molecule has 0 saturated carbocycles. The number of aromatic nitrogens is 2. The van der Waals surface area contributed by atoms with Gasteiger partial charge in [-0.15, -0.1) is 0 Å². The van der Waals surface area contributed by atoms with Gasteiger partial charge in [0.25, 0.3) is 0 Å². The summed E-state index contributed by atoms with van der Waals surface area (Å²) in [6.07, 6.45) is -0.435. The van der Waals surface area contributed by atoms with Crippen LogP contribution >= 0.6 is 27.5 Å². The summed E-state index contributed by atoms with van der Waals surface area (Å²) in [5.74, 6) is -0.818. The molecule has 1 aliphatic heterocycles. The smallest absolute Gasteiger partial charge is 0.410 e. The number of para-hydroxylation sites is 1. The van der Waals surface area contributed by atoms with Crippen LogP contribution in [0.15, 0.2) is 38.3 Å². The summed E-state index contributed by atoms with van der Waals surface area (Å²) >= 11 is 9.52. The number of fused-ring (bicyclic) bond motifs is 1. The third-order valence-corrected chi connectivity index (χ3v) is 7.73. The Morgan fingerprint density at radius 1 is 1.22 bits per heavy atom. The average Bonchev–Trinajstić information content (AvgIpc) is 2.76. The standard InChI is InChI=1S/C27H30BrClFN3O4/c1-14(2)17-9-7-8-15(3)22(17)33-23-19(10-18(29)20(28)21(23)30)32(24(34)25(33)35)13-16-11-31(12-16)26(36)37-27(4,5)6/h7-10,14,16H,11-13H2,1-6H3. The Hall–Kier alpha value is -2.65. The third-order valence-electron chi connectivity index (χ3n) is 6.43. The number of aryl methyl sites for hydroxylation is 1. The lowest BCUT2D eigenvalue weighted by atomic mass is 9.97. The van der Waals surface area contributed by atoms with Crippen molar-refractivity contribution in [1.29, 1.82) is 0 Å². The molecule has 0 atom stereocenters. The van der Waals surface area contributed by atoms with Gasteiger partial charge in [-0.2, -0.15) is 0 Å². The van der Waals surface area contributed by atoms with E-state index in [4.69, 9.17) is 16.3 Å². The lowest BCUT2D eigenvalue weighted by Crippen LogP contribution is -2.54. The zero-order valence-electron chi connectivity index (χ0n) is 21.7. The molecule has 1 aromatic heterocycles. The van der Waals surface area contributed by atoms with E-state index in [0.717, 1.165) is 11.1 Å². The molecule has 1 amide bonds. The summed E-state index contributed by atoms with van der Waals surface area (Å²) in [5, 5.41) is 0.0845. The number of carbonyl (C=O) groups is 1. The lowest BCUT2D eigenvalue weighted by molar-refractivity contribution is -0.00330. The molecule has 4 rings (SSSR count). The van der Waals surface area contributed by atoms with Gasteiger partial charge in [0.05, 0.1) is 20.7 Å². The quantitative estimate of drug-likeness (QED) is 0.274. The van der Waals surface area contributed by atoms with Gasteiger partial charge in [0.15, 0.2) is 5.82 Å². The van der Waals surface area contributed by atoms with Crippen LogP contribution in [-0.2, 0) is 11.3 Å². The Labute approximate surface area is 227 Å². The molecule has 2 aromatic carbocycles. The van der Waals surface area contributed by atoms with E-state index in [2.05, 4.69) is 15.9 Å². The molecular weight excluding hydrogens is 565 g/mol. The fourth-order valence-corrected chi connectivity index (χ4v) is 5.17. The van der Waals surface area contributed by atoms with Crippen molar-refractivity contribution in [2.24, 2.45) is 5.92 Å². The highest BCUT2D eigenvalue weighted by molar-refractivity contribution is 9.10. The number of likely N-dealkylation sites (tertiary alicyclic amines) is 1. The molecule has 1 saturated heterocycles. The van der Waals surface area contributed by atoms with E-state index in [0.29, 0.717) is 18.8 Å². The molecule has 0 bridgehead atoms. The van der Waals surface area contributed by atoms with E-state index >= 15 is 4.39 Å². The summed E-state index contributed by atoms with van der Waals surface area (Å²) in [4.78, 5) is 41.0. The first-order chi connectivity index (χ1) is 17.2. The molecule has 0 radical (unpaired) electrons. The normalized spacial score (nSPS) is 14.4. The van der Waals surface area contributed by atoms with Crippen LogP contribution in [0.1, 0.15) is 51.7 Å². The Balaban J connectivity index is 1.87. The minimum absolute atomic E-state index is 0.0134. The van der Waals surface area contributed by atoms with Crippen molar-refractivity contribution >= 4 is 44.7 Å². The molecule has 2 heterocycles. The Morgan fingerprint density at radius 2 is 1.86 bits per heavy atom. The zero-order chi connectivity index (χ0) is 27.4. The summed E-state index contributed by atoms with van der Waals surface area (Å²) in [7, 11) is 0. The second kappa shape index (κ2) is 9.91. The molecule has 10 heteroatoms. The van der Waals surface area contributed by atoms with Crippen molar-refractivity contribution in [3.8, 4) is 5.69 Å². The zero-order valence-corrected chi connectivity index (χ0v) is 24.0. The molecule has 3 aromatic rings. The Morgan fingerprint density at radius 3 is 2.46 bits per heavy atom. The van der Waals surface area contributed by atoms with E-state index < -0.39 is 28.6 Å². The van der Waals surface area contributed by atoms with Crippen LogP contribution in [-0.4, -0.2) is 38.8 Å². The maximum absolute atomic E-state index is 15.8. The average molecular weight is 595 g/mol. The number of rotatable bonds is 4. The van der Waals surface area contributed by atoms with Gasteiger partial charge in [0.2, 0.25) is 0 Å². The van der Waals surface area contributed by atoms with Crippen LogP contribution in [0.25, 0.3) is 16.7 Å². The van der Waals surface area contributed by atoms with Crippen LogP contribution in [0.5, 0.6) is 0 Å². The maximum atomic E-state index is 15.8. The molecule has 198 valence electrons. The van der Waals surface area contributed by atoms with Crippen LogP contribution in [0.4, 0.5) is 9.18 Å². The van der Waals surface area contributed by atoms with Crippen molar-refractivity contribution in [2.45, 2.75) is 59.6 Å². The van der Waals surface area contributed by atoms with Gasteiger partial charge in [-0.3, -0.25) is 14.2 Å². The van der Waals surface area contributed by atoms with Gasteiger partial charge in [-0.25, -0.2) is 9.18 Å². The van der Waals surface area contributed by atoms with Gasteiger partial charge in [0, 0.05) is 25.6 Å². The van der Waals surface area contributed by atoms with Gasteiger partial charge < -0.3 is 14.2 Å². The first-order valence-electron chi connectivity index (χ1n) is 12.1. The van der Waals surface area contributed by atoms with Crippen molar-refractivity contribution in [2.75, 3.05) is 13.1 Å². The second-order valence-electron chi connectivity index (χ2n) is 10.8. The van der Waals surface area contributed by atoms with E-state index in [1.165, 1.54) is 20.1 Å². The number of amides is 1. The van der Waals surface area contributed by atoms with Crippen molar-refractivity contribution in [3.05, 3.63) is 71.4 Å². The number of hydrogen-bond donors (Lipinski definition) is 0. The first kappa shape index (κ1) is 27.4. The lowest BCUT2D eigenvalue weighted by Gasteiger charge is -2.40. The van der Waals surface area contributed by atoms with Crippen molar-refractivity contribution in [1.82, 2.24) is 14.0 Å². The van der Waals surface area contributed by atoms with E-state index in [1.54, 1.807) is 20.8 Å². The number of benzene rings is 2. The summed E-state index contributed by atoms with van der Waals surface area (Å²) in [5.41, 5.74) is -0.0124. The number of carbonyl (C=O) groups excluding carboxylic acids is 1. The van der Waals surface area contributed by atoms with Gasteiger partial charge in [-0.05, 0) is 66.7 Å². The summed E-state index contributed by atoms with van der Waals surface area (Å²) in [6.45, 7) is 12.0. The number of ether oxygens (including phenoxy) is 1. The molecular formula is C27H30BrClFN3O4. The summed E-state index contributed by atoms with van der Waals surface area (Å²) < 4.78 is 23.7. The van der Waals surface area contributed by atoms with Crippen molar-refractivity contribution < 1.29 is 13.9 Å². The summed E-state index contributed by atoms with van der Waals surface area (Å²) in [6, 6.07) is 7.07. The minimum Gasteiger partial charge on any atom is -0.444 e. The van der Waals surface area contributed by atoms with Gasteiger partial charge in [0.1, 0.15) is 11.1 Å². The number of halogens is 3. The molecule has 1 aliphatic rings. The fourth-order valence-electron chi connectivity index (χ4n) is 4.68. The Bertz CT molecular complexity index is 1520. The molecule has 0 N–H and O–H groups in total. The van der Waals surface area contributed by atoms with E-state index in [1.807, 2.05) is 39.0 Å². The van der Waals surface area contributed by atoms with E-state index in [9.17, 15) is 14.4 Å². The fraction of sp³-hybridized carbons (Fsp3) is 0.444. The first-order valence-corrected chi connectivity index (χ1v) is 13.3. The maximum Gasteiger partial charge on any atom is 0.410 e. The predicted octanol–water partition coefficient (Wildman–Crippen LogP) is 6.01. The highest BCUT2D eigenvalue weighted by Crippen LogP contribution is 2.35. The van der Waals surface area contributed by atoms with Gasteiger partial charge in [-0.1, -0.05) is 43.6 Å². The van der Waals surface area contributed by atoms with Gasteiger partial charge >= 0.3 is 17.2 Å². The molecule has 0 aliphatic carbocycles. The number of nitrogens with zero attached hydrogens (tertiary/aromatic N) is 3. The van der Waals surface area contributed by atoms with Crippen LogP contribution in [0.2, 0.25) is 5.02 Å². The predicted molar refractivity (Wildman–Crippen MR) is 147 cm³/mol. The molecule has 7 nitrogen and oxygen atoms in total. The monoisotopic (exact) mass is 593 g/mol. The largest absolute Gasteiger partial charge is 0.444 e. The SMILES string of the molecule is Cc1cccc(C(C)C)c1-n1c(=O)c(=O)n(CC2CN(C(=O)OC(C)(C)C)C2)c2cc(Cl)c(Br)c(F)c21. The minimum atomic E-state index is -0.847. The van der Waals surface area contributed by atoms with E-state index in [-0.39, 0.29) is 38.9 Å². The van der Waals surface area contributed by atoms with Crippen LogP contribution in [0, 0.1) is 18.7 Å². The second-order valence-corrected chi connectivity index (χ2v) is 12.0.